The first-order chi connectivity index (χ1) is 25.7. The van der Waals surface area contributed by atoms with Crippen LogP contribution in [0, 0.1) is 11.7 Å². The molecule has 2 bridgehead atoms. The normalized spacial score (nSPS) is 20.4. The predicted octanol–water partition coefficient (Wildman–Crippen LogP) is 6.52. The van der Waals surface area contributed by atoms with E-state index in [1.807, 2.05) is 13.0 Å². The number of benzene rings is 2. The first-order valence-corrected chi connectivity index (χ1v) is 18.2. The zero-order valence-electron chi connectivity index (χ0n) is 30.0. The molecule has 7 rings (SSSR count). The third-order valence-corrected chi connectivity index (χ3v) is 10.4. The lowest BCUT2D eigenvalue weighted by atomic mass is 9.63. The van der Waals surface area contributed by atoms with Gasteiger partial charge in [-0.05, 0) is 112 Å². The number of nitrogens with zero attached hydrogens (tertiary/aromatic N) is 5. The Bertz CT molecular complexity index is 2070. The number of nitrogens with two attached hydrogens (primary N) is 1. The standard InChI is InChI=1S/C40H44FN7O5/c1-3-31-26-20-25(2)23-40(31,42)32-14-15-35(44-34(32)22-26)52-39(51)48(19-9-18-47-16-7-4-8-17-47)38-46-45-37(53-38)29-13-12-28(21-27(29)24-49)43-36(50)30-10-5-6-11-33(30)41/h3,5-6,10-15,20-21,26,49H,4,7-9,16-19,22-24,42H2,1-2H3,(H,43,50)/b31-3+/t26-,40?/m1/s1. The van der Waals surface area contributed by atoms with E-state index in [0.717, 1.165) is 43.7 Å². The second-order valence-electron chi connectivity index (χ2n) is 14.0. The number of carbonyl (C=O) groups excluding carboxylic acids is 2. The highest BCUT2D eigenvalue weighted by molar-refractivity contribution is 6.04. The van der Waals surface area contributed by atoms with Crippen LogP contribution in [0.5, 0.6) is 5.88 Å². The molecule has 1 unspecified atom stereocenters. The van der Waals surface area contributed by atoms with Crippen LogP contribution in [0.2, 0.25) is 0 Å². The maximum Gasteiger partial charge on any atom is 0.424 e. The summed E-state index contributed by atoms with van der Waals surface area (Å²) in [5.41, 5.74) is 11.6. The number of carbonyl (C=O) groups is 2. The highest BCUT2D eigenvalue weighted by Gasteiger charge is 2.44. The van der Waals surface area contributed by atoms with Gasteiger partial charge >= 0.3 is 12.1 Å². The number of aromatic nitrogens is 3. The number of halogens is 1. The first-order valence-electron chi connectivity index (χ1n) is 18.2. The Hall–Kier alpha value is -5.24. The minimum Gasteiger partial charge on any atom is -0.403 e. The van der Waals surface area contributed by atoms with Crippen LogP contribution in [-0.4, -0.2) is 63.4 Å². The van der Waals surface area contributed by atoms with Gasteiger partial charge in [0.15, 0.2) is 0 Å². The molecule has 1 aliphatic heterocycles. The van der Waals surface area contributed by atoms with Crippen LogP contribution in [0.25, 0.3) is 11.5 Å². The molecule has 4 aromatic rings. The molecule has 2 aliphatic carbocycles. The van der Waals surface area contributed by atoms with E-state index in [9.17, 15) is 19.1 Å². The second kappa shape index (κ2) is 15.4. The number of likely N-dealkylation sites (tertiary alicyclic amines) is 1. The summed E-state index contributed by atoms with van der Waals surface area (Å²) in [5.74, 6) is -0.942. The zero-order chi connectivity index (χ0) is 37.1. The van der Waals surface area contributed by atoms with Crippen LogP contribution < -0.4 is 20.7 Å². The number of allylic oxidation sites excluding steroid dienone is 2. The number of hydrogen-bond donors (Lipinski definition) is 3. The Kier molecular flexibility index (Phi) is 10.5. The van der Waals surface area contributed by atoms with E-state index in [2.05, 4.69) is 39.5 Å². The van der Waals surface area contributed by atoms with Gasteiger partial charge in [0, 0.05) is 36.2 Å². The lowest BCUT2D eigenvalue weighted by Gasteiger charge is -2.45. The minimum absolute atomic E-state index is 0.0553. The quantitative estimate of drug-likeness (QED) is 0.154. The Balaban J connectivity index is 1.12. The van der Waals surface area contributed by atoms with Crippen LogP contribution in [0.1, 0.15) is 73.1 Å². The predicted molar refractivity (Wildman–Crippen MR) is 198 cm³/mol. The van der Waals surface area contributed by atoms with Crippen molar-refractivity contribution in [2.24, 2.45) is 11.7 Å². The van der Waals surface area contributed by atoms with E-state index >= 15 is 0 Å². The smallest absolute Gasteiger partial charge is 0.403 e. The van der Waals surface area contributed by atoms with Gasteiger partial charge in [-0.1, -0.05) is 41.4 Å². The van der Waals surface area contributed by atoms with Gasteiger partial charge in [0.1, 0.15) is 5.82 Å². The van der Waals surface area contributed by atoms with Crippen LogP contribution in [0.3, 0.4) is 0 Å². The van der Waals surface area contributed by atoms with Crippen LogP contribution in [-0.2, 0) is 18.6 Å². The number of hydrogen-bond acceptors (Lipinski definition) is 10. The molecule has 2 aromatic carbocycles. The van der Waals surface area contributed by atoms with E-state index < -0.39 is 30.0 Å². The maximum absolute atomic E-state index is 14.2. The number of amides is 2. The maximum atomic E-state index is 14.2. The fourth-order valence-electron chi connectivity index (χ4n) is 7.90. The van der Waals surface area contributed by atoms with Gasteiger partial charge in [0.25, 0.3) is 5.91 Å². The zero-order valence-corrected chi connectivity index (χ0v) is 30.0. The molecule has 3 aliphatic rings. The summed E-state index contributed by atoms with van der Waals surface area (Å²) < 4.78 is 26.1. The van der Waals surface area contributed by atoms with Gasteiger partial charge in [-0.3, -0.25) is 4.79 Å². The van der Waals surface area contributed by atoms with Crippen molar-refractivity contribution in [1.82, 2.24) is 20.1 Å². The highest BCUT2D eigenvalue weighted by Crippen LogP contribution is 2.48. The van der Waals surface area contributed by atoms with Crippen molar-refractivity contribution in [3.8, 4) is 17.3 Å². The van der Waals surface area contributed by atoms with Crippen molar-refractivity contribution >= 4 is 23.7 Å². The van der Waals surface area contributed by atoms with Crippen molar-refractivity contribution in [2.45, 2.75) is 64.5 Å². The average Bonchev–Trinajstić information content (AvgIpc) is 3.63. The molecule has 2 atom stereocenters. The fraction of sp³-hybridized carbons (Fsp3) is 0.375. The van der Waals surface area contributed by atoms with Gasteiger partial charge in [-0.2, -0.15) is 0 Å². The van der Waals surface area contributed by atoms with Crippen molar-refractivity contribution in [3.05, 3.63) is 106 Å². The molecule has 276 valence electrons. The molecule has 0 spiro atoms. The van der Waals surface area contributed by atoms with E-state index in [-0.39, 0.29) is 35.8 Å². The SMILES string of the molecule is C/C=C1\[C@@H]2C=C(C)CC1(N)c1ccc(OC(=O)N(CCCN3CCCCC3)c3nnc(-c4ccc(NC(=O)c5ccccc5F)cc4CO)o3)nc1C2. The third-order valence-electron chi connectivity index (χ3n) is 10.4. The highest BCUT2D eigenvalue weighted by atomic mass is 19.1. The molecule has 2 aromatic heterocycles. The van der Waals surface area contributed by atoms with Crippen molar-refractivity contribution < 1.29 is 28.2 Å². The average molecular weight is 722 g/mol. The number of piperidine rings is 1. The number of anilines is 2. The number of aliphatic hydroxyl groups is 1. The summed E-state index contributed by atoms with van der Waals surface area (Å²) in [7, 11) is 0. The summed E-state index contributed by atoms with van der Waals surface area (Å²) in [6, 6.07) is 13.9. The summed E-state index contributed by atoms with van der Waals surface area (Å²) in [6.45, 7) is 6.77. The van der Waals surface area contributed by atoms with Crippen molar-refractivity contribution in [2.75, 3.05) is 36.4 Å². The van der Waals surface area contributed by atoms with Crippen LogP contribution >= 0.6 is 0 Å². The van der Waals surface area contributed by atoms with E-state index in [0.29, 0.717) is 36.1 Å². The number of aliphatic hydroxyl groups excluding tert-OH is 1. The number of nitrogens with one attached hydrogen (secondary N) is 1. The molecule has 0 saturated carbocycles. The molecule has 3 heterocycles. The van der Waals surface area contributed by atoms with E-state index in [1.54, 1.807) is 30.3 Å². The number of fused-ring (bicyclic) bond motifs is 4. The lowest BCUT2D eigenvalue weighted by molar-refractivity contribution is 0.102. The Labute approximate surface area is 307 Å². The van der Waals surface area contributed by atoms with Gasteiger partial charge in [0.05, 0.1) is 23.4 Å². The Morgan fingerprint density at radius 1 is 1.15 bits per heavy atom. The van der Waals surface area contributed by atoms with Crippen molar-refractivity contribution in [3.63, 3.8) is 0 Å². The molecule has 0 radical (unpaired) electrons. The molecule has 2 amide bonds. The molecule has 1 saturated heterocycles. The molecular weight excluding hydrogens is 677 g/mol. The van der Waals surface area contributed by atoms with E-state index in [4.69, 9.17) is 19.9 Å². The molecule has 13 heteroatoms. The summed E-state index contributed by atoms with van der Waals surface area (Å²) in [4.78, 5) is 35.1. The van der Waals surface area contributed by atoms with Crippen molar-refractivity contribution in [1.29, 1.82) is 0 Å². The first kappa shape index (κ1) is 36.1. The molecule has 1 fully saturated rings. The third kappa shape index (κ3) is 7.50. The Morgan fingerprint density at radius 3 is 2.74 bits per heavy atom. The Morgan fingerprint density at radius 2 is 1.96 bits per heavy atom. The molecular formula is C40H44FN7O5. The molecule has 53 heavy (non-hydrogen) atoms. The second-order valence-corrected chi connectivity index (χ2v) is 14.0. The van der Waals surface area contributed by atoms with Gasteiger partial charge in [-0.25, -0.2) is 19.1 Å². The number of ether oxygens (including phenoxy) is 1. The number of rotatable bonds is 10. The van der Waals surface area contributed by atoms with Gasteiger partial charge in [0.2, 0.25) is 11.8 Å². The summed E-state index contributed by atoms with van der Waals surface area (Å²) in [6.07, 6.45) is 9.15. The largest absolute Gasteiger partial charge is 0.424 e. The fourth-order valence-corrected chi connectivity index (χ4v) is 7.90. The lowest BCUT2D eigenvalue weighted by Crippen LogP contribution is -2.47. The van der Waals surface area contributed by atoms with Gasteiger partial charge in [-0.15, -0.1) is 5.10 Å². The van der Waals surface area contributed by atoms with Crippen LogP contribution in [0.4, 0.5) is 20.9 Å². The summed E-state index contributed by atoms with van der Waals surface area (Å²) >= 11 is 0. The van der Waals surface area contributed by atoms with E-state index in [1.165, 1.54) is 40.7 Å². The molecule has 4 N–H and O–H groups in total. The summed E-state index contributed by atoms with van der Waals surface area (Å²) in [5, 5.41) is 21.3. The van der Waals surface area contributed by atoms with Gasteiger partial charge < -0.3 is 30.2 Å². The number of pyridine rings is 1. The molecule has 12 nitrogen and oxygen atoms in total. The minimum atomic E-state index is -0.719. The van der Waals surface area contributed by atoms with Crippen LogP contribution in [0.15, 0.2) is 82.3 Å². The monoisotopic (exact) mass is 721 g/mol. The topological polar surface area (TPSA) is 160 Å².